The first-order valence-electron chi connectivity index (χ1n) is 43.9. The molecule has 708 valence electrons. The summed E-state index contributed by atoms with van der Waals surface area (Å²) in [6.45, 7) is 14.3. The molecule has 0 bridgehead atoms. The number of aromatic hydroxyl groups is 3. The number of carbonyl (C=O) groups excluding carboxylic acids is 9. The Kier molecular flexibility index (Phi) is 41.5. The van der Waals surface area contributed by atoms with Crippen molar-refractivity contribution in [3.05, 3.63) is 332 Å². The number of ketones is 6. The van der Waals surface area contributed by atoms with E-state index in [1.165, 1.54) is 39.6 Å². The van der Waals surface area contributed by atoms with E-state index in [9.17, 15) is 58.5 Å². The maximum atomic E-state index is 12.9. The van der Waals surface area contributed by atoms with Crippen LogP contribution in [-0.2, 0) is 39.3 Å². The molecule has 0 radical (unpaired) electrons. The Bertz CT molecular complexity index is 6190. The summed E-state index contributed by atoms with van der Waals surface area (Å²) in [7, 11) is 0. The smallest absolute Gasteiger partial charge is 0.251 e. The Hall–Kier alpha value is -12.3. The summed E-state index contributed by atoms with van der Waals surface area (Å²) in [5, 5.41) is 73.5. The first-order valence-corrected chi connectivity index (χ1v) is 48.1. The summed E-state index contributed by atoms with van der Waals surface area (Å²) in [5.74, 6) is -1.10. The van der Waals surface area contributed by atoms with E-state index >= 15 is 0 Å². The van der Waals surface area contributed by atoms with E-state index in [0.717, 1.165) is 47.6 Å². The number of hydrogen-bond donors (Lipinski definition) is 9. The number of hydrogen-bond acceptors (Lipinski definition) is 24. The van der Waals surface area contributed by atoms with Crippen LogP contribution < -0.4 is 16.0 Å². The van der Waals surface area contributed by atoms with Gasteiger partial charge in [-0.25, -0.2) is 0 Å². The molecule has 30 heteroatoms. The lowest BCUT2D eigenvalue weighted by Gasteiger charge is -2.19. The molecule has 12 rings (SSSR count). The number of amides is 3. The molecule has 0 fully saturated rings. The van der Waals surface area contributed by atoms with Gasteiger partial charge < -0.3 is 60.8 Å². The molecule has 0 aliphatic carbocycles. The van der Waals surface area contributed by atoms with E-state index in [0.29, 0.717) is 157 Å². The zero-order valence-electron chi connectivity index (χ0n) is 76.1. The van der Waals surface area contributed by atoms with Gasteiger partial charge >= 0.3 is 0 Å². The van der Waals surface area contributed by atoms with Crippen LogP contribution in [0.5, 0.6) is 17.2 Å². The van der Waals surface area contributed by atoms with Gasteiger partial charge in [-0.15, -0.1) is 34.0 Å². The third kappa shape index (κ3) is 31.7. The van der Waals surface area contributed by atoms with Gasteiger partial charge in [-0.05, 0) is 145 Å². The van der Waals surface area contributed by atoms with Crippen molar-refractivity contribution in [2.24, 2.45) is 15.0 Å². The van der Waals surface area contributed by atoms with Crippen LogP contribution in [0.25, 0.3) is 31.3 Å². The number of ether oxygens (including phenoxy) is 3. The normalized spacial score (nSPS) is 11.5. The Balaban J connectivity index is 0.000000211. The summed E-state index contributed by atoms with van der Waals surface area (Å²) in [6, 6.07) is 61.4. The minimum Gasteiger partial charge on any atom is -0.506 e. The number of nitrogens with one attached hydrogen (secondary N) is 3. The second kappa shape index (κ2) is 53.3. The number of aliphatic hydroxyl groups excluding tert-OH is 3. The lowest BCUT2D eigenvalue weighted by molar-refractivity contribution is 0.0829. The fourth-order valence-electron chi connectivity index (χ4n) is 13.5. The predicted molar refractivity (Wildman–Crippen MR) is 541 cm³/mol. The van der Waals surface area contributed by atoms with Gasteiger partial charge in [0.2, 0.25) is 0 Å². The van der Waals surface area contributed by atoms with E-state index in [2.05, 4.69) is 79.8 Å². The summed E-state index contributed by atoms with van der Waals surface area (Å²) < 4.78 is 16.5. The standard InChI is InChI=1S/C38H42N2O6S.C34H33BrN2O6S.C34H32Cl2N2O6S/c1-25(32-24-47-36(35(32)44)29-15-17-31(18-16-29)38(2,3)4)39-23-34(43)28-11-13-30(14-12-28)37(45)40-22-26-7-9-27(10-8-26)33(42)6-5-20-46-21-19-41;1-22(29-21-44-33(32(29)41)26-12-14-28(35)15-13-26)36-20-31(40)25-8-10-27(11-9-25)34(42)37-19-23-4-6-24(7-5-23)30(39)3-2-17-43-18-16-38;1-21(27-20-45-33(32(27)42)26-12-13-28(35)29(36)17-26)37-19-31(41)24-8-10-25(11-9-24)34(43)38-18-22-4-6-23(7-5-22)30(40)3-2-15-44-16-14-39/h7-18,24,41,44H,5-6,19-23H2,1-4H3,(H,40,45);4-15,21,38,41H,2-3,16-20H2,1H3,(H,37,42);4-13,17,20,39,42H,2-3,14-16,18-19H2,1H3,(H,38,43). The third-order valence-corrected chi connectivity index (χ3v) is 25.8. The molecule has 0 aliphatic heterocycles. The second-order valence-corrected chi connectivity index (χ2v) is 36.7. The third-order valence-electron chi connectivity index (χ3n) is 21.5. The summed E-state index contributed by atoms with van der Waals surface area (Å²) >= 11 is 19.7. The number of benzene rings is 9. The largest absolute Gasteiger partial charge is 0.506 e. The zero-order chi connectivity index (χ0) is 97.8. The molecule has 0 atom stereocenters. The lowest BCUT2D eigenvalue weighted by Crippen LogP contribution is -2.22. The maximum absolute atomic E-state index is 12.9. The molecule has 0 saturated heterocycles. The Morgan fingerprint density at radius 3 is 0.897 bits per heavy atom. The SMILES string of the molecule is CC(=NCC(=O)c1ccc(C(=O)NCc2ccc(C(=O)CCCOCCO)cc2)cc1)c1csc(-c2ccc(Br)cc2)c1O.CC(=NCC(=O)c1ccc(C(=O)NCc2ccc(C(=O)CCCOCCO)cc2)cc1)c1csc(-c2ccc(C(C)(C)C)cc2)c1O.CC(=NCC(=O)c1ccc(C(=O)NCc2ccc(C(=O)CCCOCCO)cc2)cc1)c1csc(-c2ccc(Cl)c(Cl)c2)c1O. The highest BCUT2D eigenvalue weighted by atomic mass is 79.9. The zero-order valence-corrected chi connectivity index (χ0v) is 81.6. The average Bonchev–Trinajstić information content (AvgIpc) is 1.68. The highest BCUT2D eigenvalue weighted by Crippen LogP contribution is 2.43. The molecule has 24 nitrogen and oxygen atoms in total. The van der Waals surface area contributed by atoms with Crippen molar-refractivity contribution in [3.8, 4) is 48.6 Å². The minimum atomic E-state index is -0.295. The number of thiophene rings is 3. The van der Waals surface area contributed by atoms with Gasteiger partial charge in [-0.1, -0.05) is 212 Å². The molecule has 3 heterocycles. The van der Waals surface area contributed by atoms with Gasteiger partial charge in [0.05, 0.1) is 64.3 Å². The number of aliphatic imine (C=N–C) groups is 3. The summed E-state index contributed by atoms with van der Waals surface area (Å²) in [5.41, 5.74) is 14.0. The van der Waals surface area contributed by atoms with Gasteiger partial charge in [0.15, 0.2) is 34.7 Å². The van der Waals surface area contributed by atoms with Gasteiger partial charge in [-0.2, -0.15) is 0 Å². The average molecular weight is 2000 g/mol. The first-order chi connectivity index (χ1) is 65.4. The molecule has 9 aromatic carbocycles. The van der Waals surface area contributed by atoms with Crippen molar-refractivity contribution in [2.45, 2.75) is 105 Å². The number of rotatable bonds is 45. The van der Waals surface area contributed by atoms with Crippen molar-refractivity contribution in [3.63, 3.8) is 0 Å². The van der Waals surface area contributed by atoms with Crippen molar-refractivity contribution in [1.82, 2.24) is 16.0 Å². The van der Waals surface area contributed by atoms with Crippen LogP contribution in [0, 0.1) is 0 Å². The molecule has 3 aromatic heterocycles. The number of nitrogens with zero attached hydrogens (tertiary/aromatic N) is 3. The van der Waals surface area contributed by atoms with Crippen LogP contribution in [0.3, 0.4) is 0 Å². The molecule has 9 N–H and O–H groups in total. The monoisotopic (exact) mass is 2000 g/mol. The lowest BCUT2D eigenvalue weighted by atomic mass is 9.86. The Labute approximate surface area is 820 Å². The topological polar surface area (TPSA) is 376 Å². The van der Waals surface area contributed by atoms with E-state index in [1.54, 1.807) is 190 Å². The maximum Gasteiger partial charge on any atom is 0.251 e. The second-order valence-electron chi connectivity index (χ2n) is 32.4. The van der Waals surface area contributed by atoms with Crippen molar-refractivity contribution < 1.29 is 88.0 Å². The quantitative estimate of drug-likeness (QED) is 0.00972. The van der Waals surface area contributed by atoms with Crippen LogP contribution in [0.2, 0.25) is 10.0 Å². The number of carbonyl (C=O) groups is 9. The summed E-state index contributed by atoms with van der Waals surface area (Å²) in [4.78, 5) is 129. The Morgan fingerprint density at radius 1 is 0.346 bits per heavy atom. The van der Waals surface area contributed by atoms with Crippen LogP contribution in [0.4, 0.5) is 0 Å². The van der Waals surface area contributed by atoms with Gasteiger partial charge in [0.25, 0.3) is 17.7 Å². The first kappa shape index (κ1) is 106. The molecular formula is C106H107BrCl2N6O18S3. The molecule has 12 aromatic rings. The molecule has 0 saturated carbocycles. The van der Waals surface area contributed by atoms with Crippen LogP contribution >= 0.6 is 73.1 Å². The van der Waals surface area contributed by atoms with Crippen LogP contribution in [0.1, 0.15) is 212 Å². The van der Waals surface area contributed by atoms with Crippen molar-refractivity contribution in [1.29, 1.82) is 0 Å². The van der Waals surface area contributed by atoms with Crippen LogP contribution in [-0.4, -0.2) is 179 Å². The van der Waals surface area contributed by atoms with E-state index in [1.807, 2.05) is 47.2 Å². The molecular weight excluding hydrogens is 1890 g/mol. The van der Waals surface area contributed by atoms with Gasteiger partial charge in [0, 0.05) is 163 Å². The molecule has 136 heavy (non-hydrogen) atoms. The fraction of sp³-hybridized carbons (Fsp3) is 0.264. The van der Waals surface area contributed by atoms with E-state index in [-0.39, 0.29) is 154 Å². The molecule has 0 aliphatic rings. The summed E-state index contributed by atoms with van der Waals surface area (Å²) in [6.07, 6.45) is 2.82. The van der Waals surface area contributed by atoms with Crippen LogP contribution in [0.15, 0.2) is 248 Å². The highest BCUT2D eigenvalue weighted by Gasteiger charge is 2.23. The molecule has 3 amide bonds. The van der Waals surface area contributed by atoms with Gasteiger partial charge in [0.1, 0.15) is 36.9 Å². The number of aliphatic hydroxyl groups is 3. The highest BCUT2D eigenvalue weighted by molar-refractivity contribution is 9.10. The van der Waals surface area contributed by atoms with Crippen molar-refractivity contribution in [2.75, 3.05) is 79.1 Å². The minimum absolute atomic E-state index is 0.00679. The van der Waals surface area contributed by atoms with Crippen molar-refractivity contribution >= 4 is 143 Å². The molecule has 0 spiro atoms. The molecule has 0 unspecified atom stereocenters. The van der Waals surface area contributed by atoms with E-state index < -0.39 is 0 Å². The van der Waals surface area contributed by atoms with E-state index in [4.69, 9.17) is 52.7 Å². The number of Topliss-reactive ketones (excluding diaryl/α,β-unsaturated/α-hetero) is 6. The predicted octanol–water partition coefficient (Wildman–Crippen LogP) is 20.5. The Morgan fingerprint density at radius 2 is 0.610 bits per heavy atom. The fourth-order valence-corrected chi connectivity index (χ4v) is 17.1. The number of halogens is 3. The van der Waals surface area contributed by atoms with Gasteiger partial charge in [-0.3, -0.25) is 58.1 Å².